The Kier molecular flexibility index (Phi) is 11.7. The number of esters is 1. The van der Waals surface area contributed by atoms with Gasteiger partial charge in [0.2, 0.25) is 10.0 Å². The summed E-state index contributed by atoms with van der Waals surface area (Å²) < 4.78 is 57.6. The minimum Gasteiger partial charge on any atom is -0.469 e. The molecule has 4 rings (SSSR count). The zero-order valence-electron chi connectivity index (χ0n) is 26.6. The number of ether oxygens (including phenoxy) is 1. The van der Waals surface area contributed by atoms with Gasteiger partial charge in [0, 0.05) is 35.0 Å². The number of carbonyl (C=O) groups is 2. The largest absolute Gasteiger partial charge is 0.469 e. The van der Waals surface area contributed by atoms with Gasteiger partial charge in [-0.1, -0.05) is 42.5 Å². The molecule has 5 N–H and O–H groups in total. The van der Waals surface area contributed by atoms with Gasteiger partial charge in [-0.2, -0.15) is 0 Å². The van der Waals surface area contributed by atoms with Gasteiger partial charge in [0.05, 0.1) is 31.5 Å². The number of amides is 1. The molecule has 0 aliphatic carbocycles. The molecular weight excluding hydrogens is 644 g/mol. The highest BCUT2D eigenvalue weighted by atomic mass is 32.2. The van der Waals surface area contributed by atoms with Crippen LogP contribution in [0.5, 0.6) is 0 Å². The van der Waals surface area contributed by atoms with E-state index < -0.39 is 45.7 Å². The number of primary sulfonamides is 1. The van der Waals surface area contributed by atoms with Crippen molar-refractivity contribution in [2.24, 2.45) is 5.14 Å². The number of rotatable bonds is 13. The number of anilines is 1. The summed E-state index contributed by atoms with van der Waals surface area (Å²) in [5, 5.41) is 29.1. The van der Waals surface area contributed by atoms with Gasteiger partial charge in [0.15, 0.2) is 0 Å². The number of aromatic nitrogens is 1. The second-order valence-corrected chi connectivity index (χ2v) is 13.1. The molecule has 0 saturated carbocycles. The van der Waals surface area contributed by atoms with Gasteiger partial charge in [-0.15, -0.1) is 0 Å². The first-order valence-corrected chi connectivity index (χ1v) is 16.7. The smallest absolute Gasteiger partial charge is 0.308 e. The van der Waals surface area contributed by atoms with E-state index >= 15 is 0 Å². The number of nitrogens with two attached hydrogens (primary N) is 1. The monoisotopic (exact) mass is 681 g/mol. The molecule has 254 valence electrons. The molecule has 2 atom stereocenters. The summed E-state index contributed by atoms with van der Waals surface area (Å²) in [4.78, 5) is 25.8. The molecule has 1 heterocycles. The minimum atomic E-state index is -3.77. The topological polar surface area (TPSA) is 161 Å². The zero-order valence-corrected chi connectivity index (χ0v) is 27.4. The predicted octanol–water partition coefficient (Wildman–Crippen LogP) is 5.41. The van der Waals surface area contributed by atoms with E-state index in [1.54, 1.807) is 22.8 Å². The first kappa shape index (κ1) is 36.2. The molecule has 0 bridgehead atoms. The van der Waals surface area contributed by atoms with Gasteiger partial charge in [-0.05, 0) is 73.0 Å². The van der Waals surface area contributed by atoms with Crippen molar-refractivity contribution in [1.29, 1.82) is 0 Å². The molecule has 0 saturated heterocycles. The second-order valence-electron chi connectivity index (χ2n) is 11.5. The van der Waals surface area contributed by atoms with E-state index in [1.807, 2.05) is 13.8 Å². The number of nitrogens with zero attached hydrogens (tertiary/aromatic N) is 1. The van der Waals surface area contributed by atoms with Crippen LogP contribution in [0, 0.1) is 11.6 Å². The Morgan fingerprint density at radius 1 is 0.917 bits per heavy atom. The summed E-state index contributed by atoms with van der Waals surface area (Å²) >= 11 is 0. The summed E-state index contributed by atoms with van der Waals surface area (Å²) in [5.74, 6) is -2.55. The van der Waals surface area contributed by atoms with Gasteiger partial charge < -0.3 is 24.8 Å². The van der Waals surface area contributed by atoms with E-state index in [9.17, 15) is 37.0 Å². The molecule has 0 fully saturated rings. The maximum Gasteiger partial charge on any atom is 0.308 e. The average molecular weight is 682 g/mol. The maximum absolute atomic E-state index is 14.2. The fourth-order valence-electron chi connectivity index (χ4n) is 5.36. The molecule has 0 spiro atoms. The first-order chi connectivity index (χ1) is 22.7. The van der Waals surface area contributed by atoms with Crippen LogP contribution in [0.1, 0.15) is 54.5 Å². The third-order valence-electron chi connectivity index (χ3n) is 7.44. The number of methoxy groups -OCH3 is 1. The van der Waals surface area contributed by atoms with Gasteiger partial charge in [-0.25, -0.2) is 22.3 Å². The molecule has 0 radical (unpaired) electrons. The quantitative estimate of drug-likeness (QED) is 0.137. The minimum absolute atomic E-state index is 0.171. The lowest BCUT2D eigenvalue weighted by atomic mass is 9.94. The summed E-state index contributed by atoms with van der Waals surface area (Å²) in [6.07, 6.45) is 0.121. The molecule has 0 unspecified atom stereocenters. The number of hydrogen-bond donors (Lipinski definition) is 4. The van der Waals surface area contributed by atoms with Crippen LogP contribution in [0.2, 0.25) is 0 Å². The van der Waals surface area contributed by atoms with Gasteiger partial charge in [0.1, 0.15) is 17.3 Å². The molecule has 10 nitrogen and oxygen atoms in total. The van der Waals surface area contributed by atoms with E-state index in [-0.39, 0.29) is 30.3 Å². The maximum atomic E-state index is 14.2. The lowest BCUT2D eigenvalue weighted by Crippen LogP contribution is -2.21. The van der Waals surface area contributed by atoms with Crippen molar-refractivity contribution >= 4 is 33.7 Å². The Morgan fingerprint density at radius 3 is 1.96 bits per heavy atom. The third-order valence-corrected chi connectivity index (χ3v) is 8.18. The summed E-state index contributed by atoms with van der Waals surface area (Å²) in [7, 11) is -2.57. The Labute approximate surface area is 277 Å². The van der Waals surface area contributed by atoms with Crippen LogP contribution in [0.15, 0.2) is 78.9 Å². The highest BCUT2D eigenvalue weighted by Gasteiger charge is 2.30. The van der Waals surface area contributed by atoms with Crippen LogP contribution in [0.4, 0.5) is 14.5 Å². The number of sulfonamides is 1. The molecule has 48 heavy (non-hydrogen) atoms. The number of hydrogen-bond acceptors (Lipinski definition) is 7. The fourth-order valence-corrected chi connectivity index (χ4v) is 6.02. The lowest BCUT2D eigenvalue weighted by Gasteiger charge is -2.17. The van der Waals surface area contributed by atoms with Crippen LogP contribution in [0.25, 0.3) is 28.3 Å². The molecule has 1 aromatic heterocycles. The molecule has 1 amide bonds. The predicted molar refractivity (Wildman–Crippen MR) is 179 cm³/mol. The molecule has 0 aliphatic rings. The standard InChI is InChI=1S/C35H37F2N3O7S/c1-21(2)40-30(17-16-28(41)18-29(42)19-31(43)47-3)32(23-6-10-25(36)11-7-23)33(24-8-12-26(37)13-9-24)34(40)35(44)39-27-14-4-22(5-15-27)20-48(38,45)46/h4-17,21,28-29,41-42H,18-20H2,1-3H3,(H,39,44)(H2,38,45,46)/b17-16+/t28-,29+/m0/s1. The Morgan fingerprint density at radius 2 is 1.46 bits per heavy atom. The number of aliphatic hydroxyl groups is 2. The molecule has 0 aliphatic heterocycles. The summed E-state index contributed by atoms with van der Waals surface area (Å²) in [6.45, 7) is 3.69. The zero-order chi connectivity index (χ0) is 35.2. The van der Waals surface area contributed by atoms with Gasteiger partial charge in [-0.3, -0.25) is 9.59 Å². The van der Waals surface area contributed by atoms with Crippen LogP contribution in [-0.2, 0) is 25.3 Å². The van der Waals surface area contributed by atoms with E-state index in [1.165, 1.54) is 73.8 Å². The van der Waals surface area contributed by atoms with Crippen molar-refractivity contribution in [2.45, 2.75) is 50.7 Å². The van der Waals surface area contributed by atoms with Crippen LogP contribution >= 0.6 is 0 Å². The van der Waals surface area contributed by atoms with Crippen molar-refractivity contribution in [2.75, 3.05) is 12.4 Å². The van der Waals surface area contributed by atoms with Crippen molar-refractivity contribution < 1.29 is 41.7 Å². The van der Waals surface area contributed by atoms with Gasteiger partial charge >= 0.3 is 5.97 Å². The third kappa shape index (κ3) is 9.22. The highest BCUT2D eigenvalue weighted by Crippen LogP contribution is 2.43. The van der Waals surface area contributed by atoms with Crippen molar-refractivity contribution in [3.63, 3.8) is 0 Å². The van der Waals surface area contributed by atoms with Crippen molar-refractivity contribution in [3.8, 4) is 22.3 Å². The second kappa shape index (κ2) is 15.5. The number of benzene rings is 3. The lowest BCUT2D eigenvalue weighted by molar-refractivity contribution is -0.143. The Hall–Kier alpha value is -4.69. The van der Waals surface area contributed by atoms with Crippen LogP contribution in [-0.4, -0.2) is 54.4 Å². The van der Waals surface area contributed by atoms with Crippen molar-refractivity contribution in [3.05, 3.63) is 107 Å². The van der Waals surface area contributed by atoms with E-state index in [4.69, 9.17) is 5.14 Å². The Bertz CT molecular complexity index is 1890. The molecular formula is C35H37F2N3O7S. The number of halogens is 2. The molecule has 4 aromatic rings. The summed E-state index contributed by atoms with van der Waals surface area (Å²) in [6, 6.07) is 16.9. The Balaban J connectivity index is 1.91. The normalized spacial score (nSPS) is 13.1. The number of aliphatic hydroxyl groups excluding tert-OH is 2. The number of nitrogens with one attached hydrogen (secondary N) is 1. The van der Waals surface area contributed by atoms with E-state index in [0.29, 0.717) is 39.2 Å². The SMILES string of the molecule is COC(=O)C[C@H](O)C[C@@H](O)/C=C/c1c(-c2ccc(F)cc2)c(-c2ccc(F)cc2)c(C(=O)Nc2ccc(CS(N)(=O)=O)cc2)n1C(C)C. The molecule has 3 aromatic carbocycles. The van der Waals surface area contributed by atoms with E-state index in [2.05, 4.69) is 10.1 Å². The number of carbonyl (C=O) groups excluding carboxylic acids is 2. The van der Waals surface area contributed by atoms with E-state index in [0.717, 1.165) is 0 Å². The highest BCUT2D eigenvalue weighted by molar-refractivity contribution is 7.88. The van der Waals surface area contributed by atoms with Gasteiger partial charge in [0.25, 0.3) is 5.91 Å². The van der Waals surface area contributed by atoms with Crippen LogP contribution in [0.3, 0.4) is 0 Å². The summed E-state index contributed by atoms with van der Waals surface area (Å²) in [5.41, 5.74) is 3.30. The van der Waals surface area contributed by atoms with Crippen LogP contribution < -0.4 is 10.5 Å². The average Bonchev–Trinajstić information content (AvgIpc) is 3.36. The molecule has 13 heteroatoms. The first-order valence-electron chi connectivity index (χ1n) is 15.0. The van der Waals surface area contributed by atoms with Crippen molar-refractivity contribution in [1.82, 2.24) is 4.57 Å². The fraction of sp³-hybridized carbons (Fsp3) is 0.257.